The lowest BCUT2D eigenvalue weighted by atomic mass is 9.85. The van der Waals surface area contributed by atoms with E-state index in [2.05, 4.69) is 30.4 Å². The summed E-state index contributed by atoms with van der Waals surface area (Å²) in [6, 6.07) is 6.72. The van der Waals surface area contributed by atoms with Crippen molar-refractivity contribution in [3.63, 3.8) is 0 Å². The van der Waals surface area contributed by atoms with Crippen LogP contribution < -0.4 is 5.32 Å². The van der Waals surface area contributed by atoms with Gasteiger partial charge in [0.25, 0.3) is 0 Å². The number of nitrogens with one attached hydrogen (secondary N) is 1. The average molecular weight is 433 g/mol. The maximum atomic E-state index is 5.50. The van der Waals surface area contributed by atoms with Gasteiger partial charge in [0.05, 0.1) is 30.6 Å². The Labute approximate surface area is 186 Å². The normalized spacial score (nSPS) is 22.5. The molecular weight excluding hydrogens is 404 g/mol. The van der Waals surface area contributed by atoms with Gasteiger partial charge in [-0.15, -0.1) is 5.10 Å². The van der Waals surface area contributed by atoms with E-state index in [1.54, 1.807) is 10.7 Å². The molecule has 1 aliphatic heterocycles. The van der Waals surface area contributed by atoms with Crippen molar-refractivity contribution in [1.29, 1.82) is 0 Å². The number of ether oxygens (including phenoxy) is 1. The van der Waals surface area contributed by atoms with Crippen LogP contribution in [0.2, 0.25) is 0 Å². The van der Waals surface area contributed by atoms with E-state index in [0.29, 0.717) is 11.9 Å². The second-order valence-electron chi connectivity index (χ2n) is 8.79. The van der Waals surface area contributed by atoms with E-state index in [-0.39, 0.29) is 0 Å². The molecular formula is C23H28N8O. The molecule has 9 nitrogen and oxygen atoms in total. The Kier molecular flexibility index (Phi) is 5.20. The molecule has 1 saturated heterocycles. The van der Waals surface area contributed by atoms with Crippen molar-refractivity contribution in [3.05, 3.63) is 43.0 Å². The highest BCUT2D eigenvalue weighted by Gasteiger charge is 2.26. The summed E-state index contributed by atoms with van der Waals surface area (Å²) in [5, 5.41) is 12.8. The van der Waals surface area contributed by atoms with E-state index in [4.69, 9.17) is 4.74 Å². The molecule has 0 aromatic carbocycles. The van der Waals surface area contributed by atoms with Crippen LogP contribution >= 0.6 is 0 Å². The van der Waals surface area contributed by atoms with Crippen LogP contribution in [0.3, 0.4) is 0 Å². The van der Waals surface area contributed by atoms with Gasteiger partial charge >= 0.3 is 0 Å². The molecule has 1 aliphatic carbocycles. The zero-order valence-corrected chi connectivity index (χ0v) is 18.1. The summed E-state index contributed by atoms with van der Waals surface area (Å²) in [6.45, 7) is 4.87. The van der Waals surface area contributed by atoms with Crippen molar-refractivity contribution in [3.8, 4) is 11.3 Å². The second kappa shape index (κ2) is 8.48. The van der Waals surface area contributed by atoms with E-state index in [0.717, 1.165) is 61.3 Å². The summed E-state index contributed by atoms with van der Waals surface area (Å²) in [6.07, 6.45) is 12.5. The molecule has 6 rings (SSSR count). The second-order valence-corrected chi connectivity index (χ2v) is 8.79. The monoisotopic (exact) mass is 432 g/mol. The number of hydrogen-bond acceptors (Lipinski definition) is 7. The minimum absolute atomic E-state index is 0.674. The molecule has 0 bridgehead atoms. The summed E-state index contributed by atoms with van der Waals surface area (Å²) in [5.74, 6) is 1.35. The Morgan fingerprint density at radius 2 is 1.81 bits per heavy atom. The average Bonchev–Trinajstić information content (AvgIpc) is 3.50. The third-order valence-electron chi connectivity index (χ3n) is 6.88. The van der Waals surface area contributed by atoms with Gasteiger partial charge in [0.1, 0.15) is 0 Å². The smallest absolute Gasteiger partial charge is 0.241 e. The van der Waals surface area contributed by atoms with Crippen LogP contribution in [0.1, 0.15) is 25.7 Å². The Bertz CT molecular complexity index is 1200. The van der Waals surface area contributed by atoms with Gasteiger partial charge in [0.2, 0.25) is 5.95 Å². The largest absolute Gasteiger partial charge is 0.379 e. The van der Waals surface area contributed by atoms with E-state index in [9.17, 15) is 0 Å². The van der Waals surface area contributed by atoms with Crippen LogP contribution in [0.5, 0.6) is 0 Å². The lowest BCUT2D eigenvalue weighted by Crippen LogP contribution is -2.45. The summed E-state index contributed by atoms with van der Waals surface area (Å²) in [5.41, 5.74) is 3.65. The van der Waals surface area contributed by atoms with Crippen molar-refractivity contribution in [2.24, 2.45) is 5.92 Å². The predicted molar refractivity (Wildman–Crippen MR) is 122 cm³/mol. The highest BCUT2D eigenvalue weighted by atomic mass is 16.5. The minimum Gasteiger partial charge on any atom is -0.379 e. The number of hydrogen-bond donors (Lipinski definition) is 1. The molecule has 166 valence electrons. The lowest BCUT2D eigenvalue weighted by molar-refractivity contribution is 0.00539. The zero-order chi connectivity index (χ0) is 21.3. The van der Waals surface area contributed by atoms with Crippen LogP contribution in [-0.4, -0.2) is 73.0 Å². The predicted octanol–water partition coefficient (Wildman–Crippen LogP) is 2.74. The summed E-state index contributed by atoms with van der Waals surface area (Å²) >= 11 is 0. The van der Waals surface area contributed by atoms with Crippen molar-refractivity contribution in [2.45, 2.75) is 31.7 Å². The van der Waals surface area contributed by atoms with Crippen LogP contribution in [-0.2, 0) is 4.74 Å². The van der Waals surface area contributed by atoms with Gasteiger partial charge in [-0.1, -0.05) is 0 Å². The van der Waals surface area contributed by atoms with E-state index < -0.39 is 0 Å². The third-order valence-corrected chi connectivity index (χ3v) is 6.88. The maximum Gasteiger partial charge on any atom is 0.241 e. The van der Waals surface area contributed by atoms with Gasteiger partial charge in [0, 0.05) is 49.8 Å². The van der Waals surface area contributed by atoms with Gasteiger partial charge < -0.3 is 10.1 Å². The van der Waals surface area contributed by atoms with E-state index in [1.807, 2.05) is 41.3 Å². The SMILES string of the molecule is c1cn2nc(-c3ccn4nc(NCC5CCC(N6CCOCC6)CC5)ncc34)ccc2n1. The molecule has 9 heteroatoms. The standard InChI is InChI=1S/C23H28N8O/c1-3-18(29-11-13-32-14-12-29)4-2-17(1)15-25-23-26-16-21-19(7-9-30(21)28-23)20-5-6-22-24-8-10-31(22)27-20/h5-10,16-18H,1-4,11-15H2,(H,25,28). The topological polar surface area (TPSA) is 84.9 Å². The molecule has 2 aliphatic rings. The Balaban J connectivity index is 1.09. The van der Waals surface area contributed by atoms with Gasteiger partial charge in [-0.25, -0.2) is 19.0 Å². The Morgan fingerprint density at radius 1 is 0.938 bits per heavy atom. The molecule has 1 saturated carbocycles. The molecule has 4 aromatic rings. The van der Waals surface area contributed by atoms with Gasteiger partial charge in [-0.3, -0.25) is 4.90 Å². The fourth-order valence-corrected chi connectivity index (χ4v) is 5.05. The summed E-state index contributed by atoms with van der Waals surface area (Å²) in [7, 11) is 0. The first-order valence-electron chi connectivity index (χ1n) is 11.5. The minimum atomic E-state index is 0.674. The first-order valence-corrected chi connectivity index (χ1v) is 11.5. The Morgan fingerprint density at radius 3 is 2.69 bits per heavy atom. The number of fused-ring (bicyclic) bond motifs is 2. The number of morpholine rings is 1. The highest BCUT2D eigenvalue weighted by molar-refractivity contribution is 5.78. The number of anilines is 1. The van der Waals surface area contributed by atoms with Crippen LogP contribution in [0.25, 0.3) is 22.4 Å². The van der Waals surface area contributed by atoms with Crippen molar-refractivity contribution >= 4 is 17.1 Å². The number of imidazole rings is 1. The quantitative estimate of drug-likeness (QED) is 0.519. The van der Waals surface area contributed by atoms with Crippen LogP contribution in [0.15, 0.2) is 43.0 Å². The molecule has 5 heterocycles. The molecule has 0 amide bonds. The van der Waals surface area contributed by atoms with Crippen molar-refractivity contribution < 1.29 is 4.74 Å². The van der Waals surface area contributed by atoms with Crippen molar-refractivity contribution in [2.75, 3.05) is 38.2 Å². The zero-order valence-electron chi connectivity index (χ0n) is 18.1. The number of aromatic nitrogens is 6. The van der Waals surface area contributed by atoms with E-state index >= 15 is 0 Å². The lowest BCUT2D eigenvalue weighted by Gasteiger charge is -2.38. The Hall–Kier alpha value is -3.04. The van der Waals surface area contributed by atoms with Gasteiger partial charge in [0.15, 0.2) is 5.65 Å². The molecule has 0 atom stereocenters. The van der Waals surface area contributed by atoms with Crippen molar-refractivity contribution in [1.82, 2.24) is 34.1 Å². The highest BCUT2D eigenvalue weighted by Crippen LogP contribution is 2.28. The third kappa shape index (κ3) is 3.82. The molecule has 0 spiro atoms. The fraction of sp³-hybridized carbons (Fsp3) is 0.478. The van der Waals surface area contributed by atoms with Gasteiger partial charge in [-0.05, 0) is 49.8 Å². The summed E-state index contributed by atoms with van der Waals surface area (Å²) in [4.78, 5) is 11.5. The molecule has 0 radical (unpaired) electrons. The summed E-state index contributed by atoms with van der Waals surface area (Å²) < 4.78 is 9.15. The van der Waals surface area contributed by atoms with Gasteiger partial charge in [-0.2, -0.15) is 5.10 Å². The van der Waals surface area contributed by atoms with Crippen LogP contribution in [0.4, 0.5) is 5.95 Å². The first kappa shape index (κ1) is 19.6. The maximum absolute atomic E-state index is 5.50. The fourth-order valence-electron chi connectivity index (χ4n) is 5.05. The first-order chi connectivity index (χ1) is 15.8. The van der Waals surface area contributed by atoms with E-state index in [1.165, 1.54) is 25.7 Å². The molecule has 0 unspecified atom stereocenters. The molecule has 32 heavy (non-hydrogen) atoms. The molecule has 4 aromatic heterocycles. The number of rotatable bonds is 5. The number of nitrogens with zero attached hydrogens (tertiary/aromatic N) is 7. The molecule has 2 fully saturated rings. The molecule has 1 N–H and O–H groups in total. The van der Waals surface area contributed by atoms with Crippen LogP contribution in [0, 0.1) is 5.92 Å².